The Labute approximate surface area is 117 Å². The van der Waals surface area contributed by atoms with Crippen molar-refractivity contribution in [3.63, 3.8) is 0 Å². The fraction of sp³-hybridized carbons (Fsp3) is 0.417. The lowest BCUT2D eigenvalue weighted by Gasteiger charge is -2.06. The smallest absolute Gasteiger partial charge is 0.154 e. The van der Waals surface area contributed by atoms with Crippen LogP contribution in [0.4, 0.5) is 0 Å². The number of hydrogen-bond acceptors (Lipinski definition) is 2. The third-order valence-electron chi connectivity index (χ3n) is 2.21. The van der Waals surface area contributed by atoms with Crippen molar-refractivity contribution in [3.8, 4) is 0 Å². The SMILES string of the molecule is CCCCN=C(N)SCc1c(Cl)cccc1Cl. The summed E-state index contributed by atoms with van der Waals surface area (Å²) in [6.07, 6.45) is 2.19. The van der Waals surface area contributed by atoms with E-state index in [1.165, 1.54) is 11.8 Å². The Balaban J connectivity index is 2.52. The van der Waals surface area contributed by atoms with Crippen LogP contribution in [0.2, 0.25) is 10.0 Å². The number of thioether (sulfide) groups is 1. The lowest BCUT2D eigenvalue weighted by molar-refractivity contribution is 0.809. The molecule has 5 heteroatoms. The van der Waals surface area contributed by atoms with Crippen LogP contribution in [0.25, 0.3) is 0 Å². The fourth-order valence-corrected chi connectivity index (χ4v) is 2.68. The Kier molecular flexibility index (Phi) is 6.78. The third-order valence-corrected chi connectivity index (χ3v) is 3.77. The fourth-order valence-electron chi connectivity index (χ4n) is 1.21. The van der Waals surface area contributed by atoms with Crippen LogP contribution < -0.4 is 5.73 Å². The number of hydrogen-bond donors (Lipinski definition) is 1. The average Bonchev–Trinajstić information content (AvgIpc) is 2.29. The molecule has 0 spiro atoms. The Hall–Kier alpha value is -0.380. The van der Waals surface area contributed by atoms with E-state index in [1.54, 1.807) is 0 Å². The van der Waals surface area contributed by atoms with Crippen molar-refractivity contribution >= 4 is 40.1 Å². The van der Waals surface area contributed by atoms with Crippen molar-refractivity contribution in [2.75, 3.05) is 6.54 Å². The second kappa shape index (κ2) is 7.85. The van der Waals surface area contributed by atoms with Gasteiger partial charge in [0.15, 0.2) is 5.17 Å². The minimum Gasteiger partial charge on any atom is -0.379 e. The zero-order valence-corrected chi connectivity index (χ0v) is 12.1. The number of nitrogens with zero attached hydrogens (tertiary/aromatic N) is 1. The molecule has 0 unspecified atom stereocenters. The molecule has 94 valence electrons. The standard InChI is InChI=1S/C12H16Cl2N2S/c1-2-3-7-16-12(15)17-8-9-10(13)5-4-6-11(9)14/h4-6H,2-3,7-8H2,1H3,(H2,15,16). The first-order valence-corrected chi connectivity index (χ1v) is 7.25. The highest BCUT2D eigenvalue weighted by molar-refractivity contribution is 8.13. The van der Waals surface area contributed by atoms with Crippen LogP contribution in [0, 0.1) is 0 Å². The van der Waals surface area contributed by atoms with E-state index in [-0.39, 0.29) is 0 Å². The van der Waals surface area contributed by atoms with Gasteiger partial charge in [0.2, 0.25) is 0 Å². The van der Waals surface area contributed by atoms with Crippen LogP contribution in [0.1, 0.15) is 25.3 Å². The van der Waals surface area contributed by atoms with Gasteiger partial charge in [-0.05, 0) is 24.1 Å². The van der Waals surface area contributed by atoms with Gasteiger partial charge in [0, 0.05) is 22.3 Å². The van der Waals surface area contributed by atoms with E-state index < -0.39 is 0 Å². The molecular formula is C12H16Cl2N2S. The van der Waals surface area contributed by atoms with Gasteiger partial charge in [-0.15, -0.1) is 0 Å². The molecule has 0 radical (unpaired) electrons. The molecule has 0 amide bonds. The molecule has 2 nitrogen and oxygen atoms in total. The first kappa shape index (κ1) is 14.7. The molecule has 2 N–H and O–H groups in total. The first-order chi connectivity index (χ1) is 8.15. The molecule has 0 fully saturated rings. The number of aliphatic imine (C=N–C) groups is 1. The van der Waals surface area contributed by atoms with E-state index in [4.69, 9.17) is 28.9 Å². The van der Waals surface area contributed by atoms with Crippen molar-refractivity contribution in [2.24, 2.45) is 10.7 Å². The molecule has 0 aliphatic heterocycles. The molecule has 0 atom stereocenters. The molecule has 0 aliphatic rings. The number of nitrogens with two attached hydrogens (primary N) is 1. The molecule has 0 aromatic heterocycles. The van der Waals surface area contributed by atoms with E-state index in [9.17, 15) is 0 Å². The second-order valence-electron chi connectivity index (χ2n) is 3.56. The van der Waals surface area contributed by atoms with Crippen molar-refractivity contribution in [2.45, 2.75) is 25.5 Å². The Morgan fingerprint density at radius 1 is 1.35 bits per heavy atom. The molecule has 1 aromatic rings. The van der Waals surface area contributed by atoms with E-state index in [0.717, 1.165) is 24.9 Å². The van der Waals surface area contributed by atoms with Crippen LogP contribution >= 0.6 is 35.0 Å². The predicted octanol–water partition coefficient (Wildman–Crippen LogP) is 4.34. The summed E-state index contributed by atoms with van der Waals surface area (Å²) in [5, 5.41) is 1.94. The summed E-state index contributed by atoms with van der Waals surface area (Å²) in [5.74, 6) is 0.653. The van der Waals surface area contributed by atoms with Gasteiger partial charge in [-0.25, -0.2) is 0 Å². The average molecular weight is 291 g/mol. The number of amidine groups is 1. The summed E-state index contributed by atoms with van der Waals surface area (Å²) in [6, 6.07) is 5.49. The quantitative estimate of drug-likeness (QED) is 0.498. The summed E-state index contributed by atoms with van der Waals surface area (Å²) in [6.45, 7) is 2.91. The van der Waals surface area contributed by atoms with Gasteiger partial charge in [-0.2, -0.15) is 0 Å². The number of unbranched alkanes of at least 4 members (excludes halogenated alkanes) is 1. The zero-order valence-electron chi connectivity index (χ0n) is 9.75. The number of rotatable bonds is 5. The topological polar surface area (TPSA) is 38.4 Å². The highest BCUT2D eigenvalue weighted by Gasteiger charge is 2.06. The van der Waals surface area contributed by atoms with Crippen LogP contribution in [0.5, 0.6) is 0 Å². The van der Waals surface area contributed by atoms with Crippen LogP contribution in [-0.4, -0.2) is 11.7 Å². The van der Waals surface area contributed by atoms with Crippen molar-refractivity contribution in [1.29, 1.82) is 0 Å². The summed E-state index contributed by atoms with van der Waals surface area (Å²) in [7, 11) is 0. The van der Waals surface area contributed by atoms with Gasteiger partial charge in [0.25, 0.3) is 0 Å². The molecule has 17 heavy (non-hydrogen) atoms. The zero-order chi connectivity index (χ0) is 12.7. The summed E-state index contributed by atoms with van der Waals surface area (Å²) >= 11 is 13.6. The second-order valence-corrected chi connectivity index (χ2v) is 5.37. The van der Waals surface area contributed by atoms with Crippen LogP contribution in [-0.2, 0) is 5.75 Å². The van der Waals surface area contributed by atoms with Gasteiger partial charge in [-0.3, -0.25) is 4.99 Å². The Morgan fingerprint density at radius 3 is 2.59 bits per heavy atom. The summed E-state index contributed by atoms with van der Waals surface area (Å²) in [4.78, 5) is 4.26. The Morgan fingerprint density at radius 2 is 2.00 bits per heavy atom. The number of benzene rings is 1. The van der Waals surface area contributed by atoms with Crippen LogP contribution in [0.3, 0.4) is 0 Å². The lowest BCUT2D eigenvalue weighted by Crippen LogP contribution is -2.08. The van der Waals surface area contributed by atoms with Gasteiger partial charge < -0.3 is 5.73 Å². The molecule has 0 bridgehead atoms. The highest BCUT2D eigenvalue weighted by atomic mass is 35.5. The molecule has 0 saturated carbocycles. The normalized spacial score (nSPS) is 11.8. The maximum Gasteiger partial charge on any atom is 0.154 e. The maximum atomic E-state index is 6.06. The van der Waals surface area contributed by atoms with Gasteiger partial charge >= 0.3 is 0 Å². The molecule has 0 heterocycles. The third kappa shape index (κ3) is 5.19. The van der Waals surface area contributed by atoms with E-state index >= 15 is 0 Å². The highest BCUT2D eigenvalue weighted by Crippen LogP contribution is 2.28. The summed E-state index contributed by atoms with van der Waals surface area (Å²) < 4.78 is 0. The predicted molar refractivity (Wildman–Crippen MR) is 79.2 cm³/mol. The molecule has 0 aliphatic carbocycles. The lowest BCUT2D eigenvalue weighted by atomic mass is 10.2. The summed E-state index contributed by atoms with van der Waals surface area (Å²) in [5.41, 5.74) is 6.70. The molecule has 0 saturated heterocycles. The minimum atomic E-state index is 0.592. The Bertz CT molecular complexity index is 374. The van der Waals surface area contributed by atoms with Crippen molar-refractivity contribution in [1.82, 2.24) is 0 Å². The maximum absolute atomic E-state index is 6.06. The first-order valence-electron chi connectivity index (χ1n) is 5.50. The van der Waals surface area contributed by atoms with Gasteiger partial charge in [-0.1, -0.05) is 54.4 Å². The number of halogens is 2. The molecular weight excluding hydrogens is 275 g/mol. The minimum absolute atomic E-state index is 0.592. The molecule has 1 aromatic carbocycles. The van der Waals surface area contributed by atoms with Crippen molar-refractivity contribution < 1.29 is 0 Å². The van der Waals surface area contributed by atoms with Gasteiger partial charge in [0.1, 0.15) is 0 Å². The molecule has 1 rings (SSSR count). The van der Waals surface area contributed by atoms with E-state index in [0.29, 0.717) is 21.0 Å². The van der Waals surface area contributed by atoms with Crippen molar-refractivity contribution in [3.05, 3.63) is 33.8 Å². The van der Waals surface area contributed by atoms with Gasteiger partial charge in [0.05, 0.1) is 0 Å². The van der Waals surface area contributed by atoms with E-state index in [2.05, 4.69) is 11.9 Å². The van der Waals surface area contributed by atoms with Crippen LogP contribution in [0.15, 0.2) is 23.2 Å². The monoisotopic (exact) mass is 290 g/mol. The largest absolute Gasteiger partial charge is 0.379 e. The van der Waals surface area contributed by atoms with E-state index in [1.807, 2.05) is 18.2 Å².